The zero-order valence-electron chi connectivity index (χ0n) is 16.4. The van der Waals surface area contributed by atoms with Gasteiger partial charge in [0, 0.05) is 17.3 Å². The summed E-state index contributed by atoms with van der Waals surface area (Å²) in [6.45, 7) is 5.83. The van der Waals surface area contributed by atoms with Crippen molar-refractivity contribution in [3.63, 3.8) is 0 Å². The van der Waals surface area contributed by atoms with Crippen LogP contribution in [0.15, 0.2) is 12.2 Å². The van der Waals surface area contributed by atoms with Crippen LogP contribution < -0.4 is 0 Å². The molecule has 4 nitrogen and oxygen atoms in total. The Morgan fingerprint density at radius 2 is 1.81 bits per heavy atom. The lowest BCUT2D eigenvalue weighted by Gasteiger charge is -2.69. The molecular weight excluding hydrogens is 328 g/mol. The van der Waals surface area contributed by atoms with E-state index in [-0.39, 0.29) is 29.5 Å². The van der Waals surface area contributed by atoms with Crippen LogP contribution in [0.5, 0.6) is 0 Å². The predicted molar refractivity (Wildman–Crippen MR) is 100 cm³/mol. The van der Waals surface area contributed by atoms with E-state index >= 15 is 0 Å². The van der Waals surface area contributed by atoms with Gasteiger partial charge in [-0.25, -0.2) is 0 Å². The molecule has 4 fully saturated rings. The van der Waals surface area contributed by atoms with Gasteiger partial charge in [-0.05, 0) is 43.9 Å². The predicted octanol–water partition coefficient (Wildman–Crippen LogP) is 3.66. The molecule has 0 radical (unpaired) electrons. The summed E-state index contributed by atoms with van der Waals surface area (Å²) in [6.07, 6.45) is 12.2. The molecule has 4 rings (SSSR count). The lowest BCUT2D eigenvalue weighted by molar-refractivity contribution is -0.387. The van der Waals surface area contributed by atoms with Crippen molar-refractivity contribution >= 4 is 0 Å². The van der Waals surface area contributed by atoms with Gasteiger partial charge in [-0.3, -0.25) is 0 Å². The zero-order valence-corrected chi connectivity index (χ0v) is 16.4. The summed E-state index contributed by atoms with van der Waals surface area (Å²) >= 11 is 0. The van der Waals surface area contributed by atoms with Gasteiger partial charge in [-0.1, -0.05) is 45.3 Å². The first kappa shape index (κ1) is 18.9. The van der Waals surface area contributed by atoms with Crippen molar-refractivity contribution in [2.75, 3.05) is 13.2 Å². The average molecular weight is 365 g/mol. The van der Waals surface area contributed by atoms with E-state index in [1.807, 2.05) is 6.08 Å². The molecule has 1 heterocycles. The summed E-state index contributed by atoms with van der Waals surface area (Å²) in [7, 11) is 0. The molecule has 4 heteroatoms. The molecule has 26 heavy (non-hydrogen) atoms. The van der Waals surface area contributed by atoms with Crippen LogP contribution in [0.25, 0.3) is 0 Å². The molecule has 0 aromatic rings. The normalized spacial score (nSPS) is 44.2. The van der Waals surface area contributed by atoms with Gasteiger partial charge in [0.1, 0.15) is 0 Å². The molecule has 1 unspecified atom stereocenters. The van der Waals surface area contributed by atoms with Gasteiger partial charge in [-0.2, -0.15) is 0 Å². The fourth-order valence-corrected chi connectivity index (χ4v) is 6.94. The molecule has 6 atom stereocenters. The Bertz CT molecular complexity index is 520. The standard InChI is InChI=1S/C22H36O4/c1-3-21-12-11-19(24)17(9-10-18(23)16-7-5-4-6-8-16)20(21)15(2)22(21)25-13-14-26-22/h9-10,15-20,23-24H,3-8,11-14H2,1-2H3/b10-9+/t15?,17-,18+,19+,20+,21-/m0/s1. The second kappa shape index (κ2) is 7.20. The minimum atomic E-state index is -0.444. The summed E-state index contributed by atoms with van der Waals surface area (Å²) in [4.78, 5) is 0. The molecule has 0 bridgehead atoms. The first-order valence-electron chi connectivity index (χ1n) is 10.9. The minimum absolute atomic E-state index is 0.00689. The van der Waals surface area contributed by atoms with E-state index in [1.54, 1.807) is 0 Å². The third-order valence-electron chi connectivity index (χ3n) is 8.23. The van der Waals surface area contributed by atoms with Gasteiger partial charge in [-0.15, -0.1) is 0 Å². The van der Waals surface area contributed by atoms with Gasteiger partial charge in [0.05, 0.1) is 25.4 Å². The molecule has 0 aromatic heterocycles. The van der Waals surface area contributed by atoms with Gasteiger partial charge in [0.2, 0.25) is 0 Å². The van der Waals surface area contributed by atoms with Crippen LogP contribution in [0.3, 0.4) is 0 Å². The summed E-state index contributed by atoms with van der Waals surface area (Å²) < 4.78 is 12.4. The van der Waals surface area contributed by atoms with E-state index < -0.39 is 5.79 Å². The second-order valence-corrected chi connectivity index (χ2v) is 9.15. The van der Waals surface area contributed by atoms with Gasteiger partial charge >= 0.3 is 0 Å². The molecule has 1 aliphatic heterocycles. The topological polar surface area (TPSA) is 58.9 Å². The number of ether oxygens (including phenoxy) is 2. The van der Waals surface area contributed by atoms with Crippen LogP contribution in [-0.4, -0.2) is 41.4 Å². The second-order valence-electron chi connectivity index (χ2n) is 9.15. The lowest BCUT2D eigenvalue weighted by Crippen LogP contribution is -2.74. The maximum absolute atomic E-state index is 10.8. The number of aliphatic hydroxyl groups excluding tert-OH is 2. The fraction of sp³-hybridized carbons (Fsp3) is 0.909. The van der Waals surface area contributed by atoms with Crippen molar-refractivity contribution in [3.05, 3.63) is 12.2 Å². The highest BCUT2D eigenvalue weighted by molar-refractivity contribution is 5.21. The third kappa shape index (κ3) is 2.63. The van der Waals surface area contributed by atoms with Crippen molar-refractivity contribution in [2.45, 2.75) is 83.2 Å². The molecule has 3 saturated carbocycles. The van der Waals surface area contributed by atoms with Crippen LogP contribution in [0.1, 0.15) is 65.2 Å². The molecular formula is C22H36O4. The zero-order chi connectivity index (χ0) is 18.4. The average Bonchev–Trinajstić information content (AvgIpc) is 3.20. The van der Waals surface area contributed by atoms with E-state index in [0.29, 0.717) is 25.0 Å². The van der Waals surface area contributed by atoms with E-state index in [2.05, 4.69) is 19.9 Å². The Morgan fingerprint density at radius 3 is 2.46 bits per heavy atom. The molecule has 2 N–H and O–H groups in total. The number of fused-ring (bicyclic) bond motifs is 2. The van der Waals surface area contributed by atoms with Crippen LogP contribution in [0.2, 0.25) is 0 Å². The summed E-state index contributed by atoms with van der Waals surface area (Å²) in [5, 5.41) is 21.4. The van der Waals surface area contributed by atoms with E-state index in [4.69, 9.17) is 9.47 Å². The summed E-state index contributed by atoms with van der Waals surface area (Å²) in [6, 6.07) is 0. The summed E-state index contributed by atoms with van der Waals surface area (Å²) in [5.41, 5.74) is 0.00689. The molecule has 3 aliphatic carbocycles. The molecule has 1 spiro atoms. The van der Waals surface area contributed by atoms with Crippen LogP contribution in [0, 0.1) is 29.1 Å². The van der Waals surface area contributed by atoms with Gasteiger partial charge in [0.25, 0.3) is 0 Å². The molecule has 0 aromatic carbocycles. The number of aliphatic hydroxyl groups is 2. The monoisotopic (exact) mass is 364 g/mol. The van der Waals surface area contributed by atoms with E-state index in [9.17, 15) is 10.2 Å². The molecule has 0 amide bonds. The number of hydrogen-bond acceptors (Lipinski definition) is 4. The lowest BCUT2D eigenvalue weighted by atomic mass is 9.40. The first-order valence-corrected chi connectivity index (χ1v) is 10.9. The summed E-state index contributed by atoms with van der Waals surface area (Å²) in [5.74, 6) is 0.685. The maximum Gasteiger partial charge on any atom is 0.177 e. The van der Waals surface area contributed by atoms with Crippen LogP contribution in [-0.2, 0) is 9.47 Å². The number of hydrogen-bond donors (Lipinski definition) is 2. The van der Waals surface area contributed by atoms with Crippen molar-refractivity contribution in [1.29, 1.82) is 0 Å². The van der Waals surface area contributed by atoms with Crippen molar-refractivity contribution in [1.82, 2.24) is 0 Å². The Morgan fingerprint density at radius 1 is 1.12 bits per heavy atom. The fourth-order valence-electron chi connectivity index (χ4n) is 6.94. The highest BCUT2D eigenvalue weighted by Crippen LogP contribution is 2.70. The molecule has 1 saturated heterocycles. The number of rotatable bonds is 4. The van der Waals surface area contributed by atoms with Crippen molar-refractivity contribution in [2.24, 2.45) is 29.1 Å². The van der Waals surface area contributed by atoms with Crippen LogP contribution >= 0.6 is 0 Å². The SMILES string of the molecule is CC[C@]12CC[C@@H](O)[C@H](/C=C/[C@@H](O)C3CCCCC3)[C@H]1C(C)C21OCCO1. The quantitative estimate of drug-likeness (QED) is 0.748. The first-order chi connectivity index (χ1) is 12.6. The Hall–Kier alpha value is -0.420. The van der Waals surface area contributed by atoms with E-state index in [0.717, 1.165) is 32.1 Å². The highest BCUT2D eigenvalue weighted by Gasteiger charge is 2.75. The van der Waals surface area contributed by atoms with Gasteiger partial charge in [0.15, 0.2) is 5.79 Å². The molecule has 148 valence electrons. The van der Waals surface area contributed by atoms with Crippen molar-refractivity contribution < 1.29 is 19.7 Å². The Kier molecular flexibility index (Phi) is 5.24. The van der Waals surface area contributed by atoms with Gasteiger partial charge < -0.3 is 19.7 Å². The largest absolute Gasteiger partial charge is 0.393 e. The highest BCUT2D eigenvalue weighted by atomic mass is 16.7. The van der Waals surface area contributed by atoms with E-state index in [1.165, 1.54) is 19.3 Å². The smallest absolute Gasteiger partial charge is 0.177 e. The molecule has 4 aliphatic rings. The van der Waals surface area contributed by atoms with Crippen LogP contribution in [0.4, 0.5) is 0 Å². The Balaban J connectivity index is 1.53. The Labute approximate surface area is 158 Å². The minimum Gasteiger partial charge on any atom is -0.393 e. The third-order valence-corrected chi connectivity index (χ3v) is 8.23. The maximum atomic E-state index is 10.8. The van der Waals surface area contributed by atoms with Crippen molar-refractivity contribution in [3.8, 4) is 0 Å².